The van der Waals surface area contributed by atoms with Crippen LogP contribution >= 0.6 is 28.3 Å². The van der Waals surface area contributed by atoms with Crippen molar-refractivity contribution in [1.29, 1.82) is 0 Å². The number of rotatable bonds is 4. The first kappa shape index (κ1) is 15.7. The molecule has 3 heteroatoms. The highest BCUT2D eigenvalue weighted by Gasteiger charge is 2.16. The molecule has 3 rings (SSSR count). The SMILES string of the molecule is Br.C=CC[n+]1c(/C=C/c2ccccc2)sc2ccccc21. The predicted octanol–water partition coefficient (Wildman–Crippen LogP) is 5.12. The molecule has 0 amide bonds. The second kappa shape index (κ2) is 7.34. The van der Waals surface area contributed by atoms with Crippen molar-refractivity contribution >= 4 is 50.7 Å². The Balaban J connectivity index is 0.00000161. The molecule has 0 saturated heterocycles. The van der Waals surface area contributed by atoms with Crippen molar-refractivity contribution < 1.29 is 4.57 Å². The molecule has 0 aliphatic carbocycles. The van der Waals surface area contributed by atoms with Crippen LogP contribution in [0.5, 0.6) is 0 Å². The summed E-state index contributed by atoms with van der Waals surface area (Å²) >= 11 is 1.81. The summed E-state index contributed by atoms with van der Waals surface area (Å²) in [5.74, 6) is 0. The number of aromatic nitrogens is 1. The highest BCUT2D eigenvalue weighted by Crippen LogP contribution is 2.21. The van der Waals surface area contributed by atoms with Gasteiger partial charge in [0.15, 0.2) is 6.54 Å². The molecule has 0 bridgehead atoms. The molecule has 0 aliphatic rings. The molecule has 1 aromatic heterocycles. The zero-order valence-corrected chi connectivity index (χ0v) is 14.1. The third kappa shape index (κ3) is 3.49. The standard InChI is InChI=1S/C18H16NS.BrH/c1-2-14-19-16-10-6-7-11-17(16)20-18(19)13-12-15-8-4-3-5-9-15;/h2-13H,1,14H2;1H/q+1;/b13-12+;. The molecule has 0 aliphatic heterocycles. The first-order valence-electron chi connectivity index (χ1n) is 6.64. The lowest BCUT2D eigenvalue weighted by atomic mass is 10.2. The fraction of sp³-hybridized carbons (Fsp3) is 0.0556. The van der Waals surface area contributed by atoms with Gasteiger partial charge in [0.1, 0.15) is 4.70 Å². The molecule has 0 N–H and O–H groups in total. The largest absolute Gasteiger partial charge is 0.263 e. The molecule has 1 heterocycles. The van der Waals surface area contributed by atoms with Crippen LogP contribution < -0.4 is 4.57 Å². The second-order valence-electron chi connectivity index (χ2n) is 4.55. The van der Waals surface area contributed by atoms with E-state index in [2.05, 4.69) is 71.8 Å². The van der Waals surface area contributed by atoms with Crippen LogP contribution in [0.25, 0.3) is 22.4 Å². The van der Waals surface area contributed by atoms with Crippen molar-refractivity contribution in [3.63, 3.8) is 0 Å². The predicted molar refractivity (Wildman–Crippen MR) is 97.9 cm³/mol. The molecule has 0 unspecified atom stereocenters. The minimum absolute atomic E-state index is 0. The highest BCUT2D eigenvalue weighted by molar-refractivity contribution is 8.93. The van der Waals surface area contributed by atoms with Gasteiger partial charge in [-0.3, -0.25) is 0 Å². The molecule has 0 radical (unpaired) electrons. The van der Waals surface area contributed by atoms with Gasteiger partial charge in [0.25, 0.3) is 5.01 Å². The van der Waals surface area contributed by atoms with Crippen molar-refractivity contribution in [1.82, 2.24) is 0 Å². The summed E-state index contributed by atoms with van der Waals surface area (Å²) in [6.07, 6.45) is 6.28. The summed E-state index contributed by atoms with van der Waals surface area (Å²) in [6, 6.07) is 18.9. The van der Waals surface area contributed by atoms with Gasteiger partial charge in [-0.2, -0.15) is 4.57 Å². The average Bonchev–Trinajstić information content (AvgIpc) is 2.85. The first-order valence-corrected chi connectivity index (χ1v) is 7.45. The lowest BCUT2D eigenvalue weighted by Crippen LogP contribution is -2.33. The first-order chi connectivity index (χ1) is 9.88. The van der Waals surface area contributed by atoms with Crippen LogP contribution in [0, 0.1) is 0 Å². The van der Waals surface area contributed by atoms with E-state index in [0.29, 0.717) is 0 Å². The molecular formula is C18H17BrNS+. The molecule has 2 aromatic carbocycles. The maximum Gasteiger partial charge on any atom is 0.263 e. The Morgan fingerprint density at radius 1 is 0.952 bits per heavy atom. The van der Waals surface area contributed by atoms with E-state index in [4.69, 9.17) is 0 Å². The van der Waals surface area contributed by atoms with E-state index >= 15 is 0 Å². The second-order valence-corrected chi connectivity index (χ2v) is 5.61. The fourth-order valence-corrected chi connectivity index (χ4v) is 3.30. The Kier molecular flexibility index (Phi) is 5.48. The van der Waals surface area contributed by atoms with E-state index in [0.717, 1.165) is 6.54 Å². The van der Waals surface area contributed by atoms with Crippen molar-refractivity contribution in [2.75, 3.05) is 0 Å². The van der Waals surface area contributed by atoms with Crippen molar-refractivity contribution in [2.24, 2.45) is 0 Å². The molecule has 1 nitrogen and oxygen atoms in total. The minimum atomic E-state index is 0. The zero-order chi connectivity index (χ0) is 13.8. The molecule has 106 valence electrons. The van der Waals surface area contributed by atoms with Crippen molar-refractivity contribution in [3.8, 4) is 0 Å². The van der Waals surface area contributed by atoms with E-state index in [1.54, 1.807) is 0 Å². The monoisotopic (exact) mass is 358 g/mol. The van der Waals surface area contributed by atoms with Gasteiger partial charge in [0, 0.05) is 12.1 Å². The Morgan fingerprint density at radius 2 is 1.67 bits per heavy atom. The van der Waals surface area contributed by atoms with Crippen LogP contribution in [-0.2, 0) is 6.54 Å². The van der Waals surface area contributed by atoms with Crippen LogP contribution in [0.1, 0.15) is 10.6 Å². The Morgan fingerprint density at radius 3 is 2.43 bits per heavy atom. The van der Waals surface area contributed by atoms with E-state index in [9.17, 15) is 0 Å². The molecule has 0 atom stereocenters. The zero-order valence-electron chi connectivity index (χ0n) is 11.6. The summed E-state index contributed by atoms with van der Waals surface area (Å²) < 4.78 is 3.61. The number of hydrogen-bond acceptors (Lipinski definition) is 1. The smallest absolute Gasteiger partial charge is 0.178 e. The summed E-state index contributed by atoms with van der Waals surface area (Å²) in [7, 11) is 0. The fourth-order valence-electron chi connectivity index (χ4n) is 2.23. The number of thiazole rings is 1. The maximum atomic E-state index is 3.86. The molecule has 0 fully saturated rings. The van der Waals surface area contributed by atoms with E-state index in [-0.39, 0.29) is 17.0 Å². The highest BCUT2D eigenvalue weighted by atomic mass is 79.9. The Hall–Kier alpha value is -1.71. The topological polar surface area (TPSA) is 3.88 Å². The minimum Gasteiger partial charge on any atom is -0.178 e. The Labute approximate surface area is 139 Å². The van der Waals surface area contributed by atoms with Gasteiger partial charge in [-0.15, -0.1) is 17.0 Å². The summed E-state index contributed by atoms with van der Waals surface area (Å²) in [5, 5.41) is 1.25. The normalized spacial score (nSPS) is 10.7. The molecule has 3 aromatic rings. The van der Waals surface area contributed by atoms with Crippen molar-refractivity contribution in [2.45, 2.75) is 6.54 Å². The van der Waals surface area contributed by atoms with Crippen LogP contribution in [0.3, 0.4) is 0 Å². The van der Waals surface area contributed by atoms with E-state index in [1.807, 2.05) is 23.5 Å². The lowest BCUT2D eigenvalue weighted by Gasteiger charge is -1.92. The number of para-hydroxylation sites is 1. The molecule has 0 saturated carbocycles. The van der Waals surface area contributed by atoms with E-state index in [1.165, 1.54) is 20.8 Å². The number of benzene rings is 2. The van der Waals surface area contributed by atoms with Gasteiger partial charge in [0.05, 0.1) is 0 Å². The molecule has 0 spiro atoms. The van der Waals surface area contributed by atoms with E-state index < -0.39 is 0 Å². The lowest BCUT2D eigenvalue weighted by molar-refractivity contribution is -0.658. The van der Waals surface area contributed by atoms with Gasteiger partial charge in [-0.1, -0.05) is 60.4 Å². The molecule has 21 heavy (non-hydrogen) atoms. The van der Waals surface area contributed by atoms with Crippen LogP contribution in [0.15, 0.2) is 67.3 Å². The van der Waals surface area contributed by atoms with Crippen molar-refractivity contribution in [3.05, 3.63) is 77.8 Å². The maximum absolute atomic E-state index is 3.86. The summed E-state index contributed by atoms with van der Waals surface area (Å²) in [6.45, 7) is 4.69. The number of fused-ring (bicyclic) bond motifs is 1. The van der Waals surface area contributed by atoms with Crippen LogP contribution in [-0.4, -0.2) is 0 Å². The third-order valence-corrected chi connectivity index (χ3v) is 4.30. The van der Waals surface area contributed by atoms with Gasteiger partial charge in [-0.05, 0) is 23.8 Å². The third-order valence-electron chi connectivity index (χ3n) is 3.17. The summed E-state index contributed by atoms with van der Waals surface area (Å²) in [4.78, 5) is 0. The number of nitrogens with zero attached hydrogens (tertiary/aromatic N) is 1. The van der Waals surface area contributed by atoms with Gasteiger partial charge < -0.3 is 0 Å². The number of hydrogen-bond donors (Lipinski definition) is 0. The number of allylic oxidation sites excluding steroid dienone is 1. The van der Waals surface area contributed by atoms with Crippen LogP contribution in [0.2, 0.25) is 0 Å². The molecular weight excluding hydrogens is 342 g/mol. The summed E-state index contributed by atoms with van der Waals surface area (Å²) in [5.41, 5.74) is 2.49. The Bertz CT molecular complexity index is 759. The number of halogens is 1. The van der Waals surface area contributed by atoms with Crippen LogP contribution in [0.4, 0.5) is 0 Å². The average molecular weight is 359 g/mol. The van der Waals surface area contributed by atoms with Gasteiger partial charge >= 0.3 is 0 Å². The van der Waals surface area contributed by atoms with Gasteiger partial charge in [0.2, 0.25) is 5.52 Å². The quantitative estimate of drug-likeness (QED) is 0.450. The van der Waals surface area contributed by atoms with Gasteiger partial charge in [-0.25, -0.2) is 0 Å².